The molecule has 0 spiro atoms. The third-order valence-electron chi connectivity index (χ3n) is 2.53. The Morgan fingerprint density at radius 2 is 1.92 bits per heavy atom. The van der Waals surface area contributed by atoms with E-state index in [2.05, 4.69) is 6.92 Å². The second-order valence-electron chi connectivity index (χ2n) is 4.15. The molecule has 0 amide bonds. The van der Waals surface area contributed by atoms with Gasteiger partial charge in [0, 0.05) is 11.8 Å². The van der Waals surface area contributed by atoms with Gasteiger partial charge in [-0.2, -0.15) is 0 Å². The van der Waals surface area contributed by atoms with Gasteiger partial charge in [0.05, 0.1) is 19.6 Å². The minimum atomic E-state index is -0.260. The van der Waals surface area contributed by atoms with Crippen molar-refractivity contribution in [2.75, 3.05) is 13.2 Å². The summed E-state index contributed by atoms with van der Waals surface area (Å²) in [4.78, 5) is 11.4. The summed E-state index contributed by atoms with van der Waals surface area (Å²) >= 11 is 0. The van der Waals surface area contributed by atoms with Crippen LogP contribution in [0.2, 0.25) is 0 Å². The highest BCUT2D eigenvalue weighted by Gasteiger charge is 2.32. The topological polar surface area (TPSA) is 35.5 Å². The van der Waals surface area contributed by atoms with E-state index in [9.17, 15) is 4.79 Å². The summed E-state index contributed by atoms with van der Waals surface area (Å²) in [5.41, 5.74) is 0. The highest BCUT2D eigenvalue weighted by atomic mass is 16.7. The van der Waals surface area contributed by atoms with Crippen molar-refractivity contribution in [3.63, 3.8) is 0 Å². The Morgan fingerprint density at radius 1 is 1.31 bits per heavy atom. The van der Waals surface area contributed by atoms with Crippen molar-refractivity contribution in [3.05, 3.63) is 0 Å². The van der Waals surface area contributed by atoms with Gasteiger partial charge >= 0.3 is 0 Å². The van der Waals surface area contributed by atoms with Gasteiger partial charge in [-0.25, -0.2) is 0 Å². The van der Waals surface area contributed by atoms with E-state index in [1.54, 1.807) is 0 Å². The molecule has 1 heterocycles. The van der Waals surface area contributed by atoms with Gasteiger partial charge in [0.25, 0.3) is 0 Å². The van der Waals surface area contributed by atoms with E-state index in [0.717, 1.165) is 26.1 Å². The molecule has 13 heavy (non-hydrogen) atoms. The van der Waals surface area contributed by atoms with E-state index in [1.165, 1.54) is 0 Å². The molecule has 1 saturated carbocycles. The van der Waals surface area contributed by atoms with Crippen molar-refractivity contribution in [1.29, 1.82) is 0 Å². The van der Waals surface area contributed by atoms with Crippen LogP contribution in [0.1, 0.15) is 26.2 Å². The molecule has 3 heteroatoms. The fourth-order valence-corrected chi connectivity index (χ4v) is 1.49. The maximum absolute atomic E-state index is 11.4. The van der Waals surface area contributed by atoms with Crippen LogP contribution >= 0.6 is 0 Å². The number of carbonyl (C=O) groups is 1. The molecule has 2 rings (SSSR count). The van der Waals surface area contributed by atoms with Crippen LogP contribution in [-0.2, 0) is 14.3 Å². The first-order chi connectivity index (χ1) is 6.25. The van der Waals surface area contributed by atoms with E-state index < -0.39 is 0 Å². The van der Waals surface area contributed by atoms with Crippen LogP contribution in [0, 0.1) is 11.8 Å². The van der Waals surface area contributed by atoms with Crippen molar-refractivity contribution in [2.24, 2.45) is 11.8 Å². The molecule has 1 saturated heterocycles. The second-order valence-corrected chi connectivity index (χ2v) is 4.15. The summed E-state index contributed by atoms with van der Waals surface area (Å²) in [6.45, 7) is 3.53. The van der Waals surface area contributed by atoms with Gasteiger partial charge in [-0.3, -0.25) is 4.79 Å². The van der Waals surface area contributed by atoms with Crippen molar-refractivity contribution in [3.8, 4) is 0 Å². The predicted molar refractivity (Wildman–Crippen MR) is 47.2 cm³/mol. The first kappa shape index (κ1) is 9.16. The Labute approximate surface area is 78.4 Å². The van der Waals surface area contributed by atoms with Crippen LogP contribution in [0.3, 0.4) is 0 Å². The van der Waals surface area contributed by atoms with Gasteiger partial charge in [0.2, 0.25) is 0 Å². The fraction of sp³-hybridized carbons (Fsp3) is 0.900. The molecule has 0 aromatic heterocycles. The number of hydrogen-bond acceptors (Lipinski definition) is 3. The molecule has 1 aliphatic heterocycles. The lowest BCUT2D eigenvalue weighted by Crippen LogP contribution is -2.32. The van der Waals surface area contributed by atoms with Crippen molar-refractivity contribution in [2.45, 2.75) is 32.5 Å². The highest BCUT2D eigenvalue weighted by molar-refractivity contribution is 5.83. The zero-order valence-corrected chi connectivity index (χ0v) is 7.99. The van der Waals surface area contributed by atoms with Crippen LogP contribution in [0.5, 0.6) is 0 Å². The largest absolute Gasteiger partial charge is 0.352 e. The highest BCUT2D eigenvalue weighted by Crippen LogP contribution is 2.32. The lowest BCUT2D eigenvalue weighted by molar-refractivity contribution is -0.200. The minimum Gasteiger partial charge on any atom is -0.352 e. The van der Waals surface area contributed by atoms with Gasteiger partial charge in [-0.05, 0) is 12.8 Å². The molecule has 0 N–H and O–H groups in total. The van der Waals surface area contributed by atoms with Crippen LogP contribution in [-0.4, -0.2) is 25.3 Å². The Bertz CT molecular complexity index is 190. The smallest absolute Gasteiger partial charge is 0.164 e. The van der Waals surface area contributed by atoms with Crippen LogP contribution in [0.4, 0.5) is 0 Å². The van der Waals surface area contributed by atoms with Crippen molar-refractivity contribution >= 4 is 5.78 Å². The lowest BCUT2D eigenvalue weighted by atomic mass is 10.1. The molecule has 74 valence electrons. The molecule has 0 unspecified atom stereocenters. The summed E-state index contributed by atoms with van der Waals surface area (Å²) in [6.07, 6.45) is 2.34. The summed E-state index contributed by atoms with van der Waals surface area (Å²) in [5.74, 6) is 1.11. The summed E-state index contributed by atoms with van der Waals surface area (Å²) in [5, 5.41) is 0. The standard InChI is InChI=1S/C10H16O3/c1-7-5-12-10(13-6-7)4-9(11)8-2-3-8/h7-8,10H,2-6H2,1H3/t7-,10-. The molecular weight excluding hydrogens is 168 g/mol. The van der Waals surface area contributed by atoms with Crippen LogP contribution in [0.25, 0.3) is 0 Å². The molecule has 3 nitrogen and oxygen atoms in total. The normalized spacial score (nSPS) is 34.5. The van der Waals surface area contributed by atoms with Crippen molar-refractivity contribution in [1.82, 2.24) is 0 Å². The number of ketones is 1. The molecule has 0 atom stereocenters. The van der Waals surface area contributed by atoms with E-state index in [4.69, 9.17) is 9.47 Å². The molecule has 0 bridgehead atoms. The first-order valence-corrected chi connectivity index (χ1v) is 5.01. The quantitative estimate of drug-likeness (QED) is 0.664. The van der Waals surface area contributed by atoms with Gasteiger partial charge in [-0.1, -0.05) is 6.92 Å². The van der Waals surface area contributed by atoms with Gasteiger partial charge < -0.3 is 9.47 Å². The molecule has 2 fully saturated rings. The van der Waals surface area contributed by atoms with Gasteiger partial charge in [-0.15, -0.1) is 0 Å². The Kier molecular flexibility index (Phi) is 2.65. The Balaban J connectivity index is 1.72. The number of hydrogen-bond donors (Lipinski definition) is 0. The van der Waals surface area contributed by atoms with E-state index in [-0.39, 0.29) is 6.29 Å². The molecule has 0 aromatic carbocycles. The van der Waals surface area contributed by atoms with Crippen LogP contribution in [0.15, 0.2) is 0 Å². The summed E-state index contributed by atoms with van der Waals surface area (Å²) < 4.78 is 10.8. The number of carbonyl (C=O) groups excluding carboxylic acids is 1. The van der Waals surface area contributed by atoms with Crippen molar-refractivity contribution < 1.29 is 14.3 Å². The lowest BCUT2D eigenvalue weighted by Gasteiger charge is -2.26. The number of Topliss-reactive ketones (excluding diaryl/α,β-unsaturated/α-hetero) is 1. The van der Waals surface area contributed by atoms with E-state index in [1.807, 2.05) is 0 Å². The predicted octanol–water partition coefficient (Wildman–Crippen LogP) is 1.36. The molecule has 0 radical (unpaired) electrons. The fourth-order valence-electron chi connectivity index (χ4n) is 1.49. The average molecular weight is 184 g/mol. The molecule has 2 aliphatic rings. The van der Waals surface area contributed by atoms with E-state index in [0.29, 0.717) is 24.0 Å². The second kappa shape index (κ2) is 3.76. The molecular formula is C10H16O3. The summed E-state index contributed by atoms with van der Waals surface area (Å²) in [7, 11) is 0. The zero-order chi connectivity index (χ0) is 9.26. The summed E-state index contributed by atoms with van der Waals surface area (Å²) in [6, 6.07) is 0. The minimum absolute atomic E-state index is 0.260. The van der Waals surface area contributed by atoms with E-state index >= 15 is 0 Å². The third-order valence-corrected chi connectivity index (χ3v) is 2.53. The average Bonchev–Trinajstić information content (AvgIpc) is 2.91. The first-order valence-electron chi connectivity index (χ1n) is 5.01. The third kappa shape index (κ3) is 2.51. The van der Waals surface area contributed by atoms with Crippen LogP contribution < -0.4 is 0 Å². The van der Waals surface area contributed by atoms with Gasteiger partial charge in [0.1, 0.15) is 5.78 Å². The molecule has 1 aliphatic carbocycles. The SMILES string of the molecule is C[C@H]1CO[C@H](CC(=O)C2CC2)OC1. The zero-order valence-electron chi connectivity index (χ0n) is 7.99. The monoisotopic (exact) mass is 184 g/mol. The molecule has 0 aromatic rings. The number of rotatable bonds is 3. The number of ether oxygens (including phenoxy) is 2. The van der Waals surface area contributed by atoms with Gasteiger partial charge in [0.15, 0.2) is 6.29 Å². The maximum atomic E-state index is 11.4. The Hall–Kier alpha value is -0.410. The Morgan fingerprint density at radius 3 is 2.46 bits per heavy atom. The maximum Gasteiger partial charge on any atom is 0.164 e.